The first-order valence-corrected chi connectivity index (χ1v) is 14.2. The van der Waals surface area contributed by atoms with Gasteiger partial charge in [-0.1, -0.05) is 6.42 Å². The molecule has 2 heterocycles. The molecule has 1 unspecified atom stereocenters. The average molecular weight is 561 g/mol. The number of aliphatic carboxylic acids is 1. The van der Waals surface area contributed by atoms with Crippen molar-refractivity contribution in [3.8, 4) is 5.88 Å². The summed E-state index contributed by atoms with van der Waals surface area (Å²) in [6, 6.07) is -0.444. The lowest BCUT2D eigenvalue weighted by Crippen LogP contribution is -2.53. The van der Waals surface area contributed by atoms with E-state index in [1.807, 2.05) is 0 Å². The van der Waals surface area contributed by atoms with Crippen molar-refractivity contribution in [1.82, 2.24) is 18.9 Å². The lowest BCUT2D eigenvalue weighted by atomic mass is 9.77. The number of aromatic nitrogens is 2. The van der Waals surface area contributed by atoms with Gasteiger partial charge in [0.15, 0.2) is 6.35 Å². The Bertz CT molecular complexity index is 1340. The molecule has 0 bridgehead atoms. The van der Waals surface area contributed by atoms with E-state index in [9.17, 15) is 34.5 Å². The molecule has 1 aliphatic heterocycles. The van der Waals surface area contributed by atoms with E-state index >= 15 is 0 Å². The summed E-state index contributed by atoms with van der Waals surface area (Å²) in [5.74, 6) is -2.05. The number of aliphatic hydroxyl groups excluding tert-OH is 1. The zero-order valence-electron chi connectivity index (χ0n) is 23.1. The number of nitrogens with zero attached hydrogens (tertiary/aromatic N) is 4. The smallest absolute Gasteiger partial charge is 0.334 e. The fourth-order valence-electron chi connectivity index (χ4n) is 6.93. The number of likely N-dealkylation sites (N-methyl/N-ethyl adjacent to an activating group) is 1. The van der Waals surface area contributed by atoms with Crippen molar-refractivity contribution in [2.75, 3.05) is 13.6 Å². The number of nitrogen functional groups attached to an aromatic ring is 1. The monoisotopic (exact) mass is 560 g/mol. The molecule has 3 aliphatic carbocycles. The molecule has 40 heavy (non-hydrogen) atoms. The second-order valence-corrected chi connectivity index (χ2v) is 12.6. The third-order valence-corrected chi connectivity index (χ3v) is 9.97. The summed E-state index contributed by atoms with van der Waals surface area (Å²) in [6.45, 7) is 2.11. The molecule has 0 spiro atoms. The standard InChI is InChI=1S/C27H40N6O7/c1-26(22(36)30(2)24(39)32(26)14-27(10-11-27)23(37)38)12-15-6-8-17(9-7-15)33-21(35)18(19(28)29)20(34)31(25(33)40)13-16-4-3-5-16/h15-17,24,34,39H,3-14H2,1-2H3,(H3,28,29)(H,37,38)/t15?,17?,24?,26-/m0/s1. The van der Waals surface area contributed by atoms with Crippen LogP contribution in [0.5, 0.6) is 5.88 Å². The molecule has 1 aromatic rings. The van der Waals surface area contributed by atoms with E-state index in [1.165, 1.54) is 16.5 Å². The maximum atomic E-state index is 13.4. The zero-order chi connectivity index (χ0) is 29.1. The first-order chi connectivity index (χ1) is 18.8. The fourth-order valence-corrected chi connectivity index (χ4v) is 6.93. The normalized spacial score (nSPS) is 30.3. The fraction of sp³-hybridized carbons (Fsp3) is 0.741. The number of carbonyl (C=O) groups excluding carboxylic acids is 1. The van der Waals surface area contributed by atoms with Gasteiger partial charge in [0.25, 0.3) is 5.56 Å². The van der Waals surface area contributed by atoms with Gasteiger partial charge in [-0.2, -0.15) is 0 Å². The van der Waals surface area contributed by atoms with E-state index < -0.39 is 52.3 Å². The average Bonchev–Trinajstić information content (AvgIpc) is 3.64. The van der Waals surface area contributed by atoms with E-state index in [0.717, 1.165) is 23.8 Å². The lowest BCUT2D eigenvalue weighted by Gasteiger charge is -2.39. The summed E-state index contributed by atoms with van der Waals surface area (Å²) in [7, 11) is 1.51. The Kier molecular flexibility index (Phi) is 7.10. The van der Waals surface area contributed by atoms with E-state index in [2.05, 4.69) is 0 Å². The first-order valence-electron chi connectivity index (χ1n) is 14.2. The number of nitrogens with one attached hydrogen (secondary N) is 1. The van der Waals surface area contributed by atoms with Crippen molar-refractivity contribution in [3.05, 3.63) is 26.4 Å². The van der Waals surface area contributed by atoms with Crippen LogP contribution in [0.4, 0.5) is 0 Å². The van der Waals surface area contributed by atoms with Crippen molar-refractivity contribution in [2.45, 2.75) is 95.6 Å². The molecule has 1 amide bonds. The minimum Gasteiger partial charge on any atom is -0.494 e. The maximum absolute atomic E-state index is 13.4. The number of aliphatic hydroxyl groups is 1. The third-order valence-electron chi connectivity index (χ3n) is 9.97. The van der Waals surface area contributed by atoms with Crippen LogP contribution < -0.4 is 17.0 Å². The molecule has 1 aromatic heterocycles. The molecule has 13 nitrogen and oxygen atoms in total. The third kappa shape index (κ3) is 4.52. The number of hydrogen-bond acceptors (Lipinski definition) is 8. The van der Waals surface area contributed by atoms with Gasteiger partial charge in [-0.15, -0.1) is 0 Å². The van der Waals surface area contributed by atoms with Crippen LogP contribution in [0.3, 0.4) is 0 Å². The predicted octanol–water partition coefficient (Wildman–Crippen LogP) is 0.595. The minimum atomic E-state index is -1.21. The highest BCUT2D eigenvalue weighted by atomic mass is 16.4. The number of nitrogens with two attached hydrogens (primary N) is 1. The molecule has 3 saturated carbocycles. The van der Waals surface area contributed by atoms with Gasteiger partial charge in [0, 0.05) is 26.2 Å². The molecule has 220 valence electrons. The SMILES string of the molecule is CN1C(=O)[C@](C)(CC2CCC(n3c(=O)c(C(=N)N)c(O)n(CC4CCC4)c3=O)CC2)N(CC2(C(=O)O)CC2)C1O. The van der Waals surface area contributed by atoms with Crippen molar-refractivity contribution >= 4 is 17.7 Å². The van der Waals surface area contributed by atoms with Crippen molar-refractivity contribution < 1.29 is 24.9 Å². The van der Waals surface area contributed by atoms with Gasteiger partial charge in [-0.3, -0.25) is 28.9 Å². The summed E-state index contributed by atoms with van der Waals surface area (Å²) >= 11 is 0. The van der Waals surface area contributed by atoms with Gasteiger partial charge in [0.2, 0.25) is 11.8 Å². The van der Waals surface area contributed by atoms with Crippen LogP contribution >= 0.6 is 0 Å². The molecule has 2 atom stereocenters. The van der Waals surface area contributed by atoms with Crippen LogP contribution in [0.2, 0.25) is 0 Å². The van der Waals surface area contributed by atoms with Crippen LogP contribution in [0.25, 0.3) is 0 Å². The van der Waals surface area contributed by atoms with Crippen LogP contribution in [0.1, 0.15) is 82.7 Å². The van der Waals surface area contributed by atoms with Crippen molar-refractivity contribution in [3.63, 3.8) is 0 Å². The second kappa shape index (κ2) is 10.0. The van der Waals surface area contributed by atoms with Gasteiger partial charge >= 0.3 is 11.7 Å². The summed E-state index contributed by atoms with van der Waals surface area (Å²) < 4.78 is 2.32. The molecule has 13 heteroatoms. The van der Waals surface area contributed by atoms with Crippen LogP contribution in [-0.4, -0.2) is 77.4 Å². The van der Waals surface area contributed by atoms with E-state index in [4.69, 9.17) is 11.1 Å². The van der Waals surface area contributed by atoms with Crippen LogP contribution in [-0.2, 0) is 16.1 Å². The van der Waals surface area contributed by atoms with E-state index in [-0.39, 0.29) is 36.4 Å². The molecule has 0 radical (unpaired) electrons. The Morgan fingerprint density at radius 1 is 1.07 bits per heavy atom. The summed E-state index contributed by atoms with van der Waals surface area (Å²) in [6.07, 6.45) is 5.29. The molecular formula is C27H40N6O7. The number of carboxylic acid groups (broad SMARTS) is 1. The number of amidine groups is 1. The number of aromatic hydroxyl groups is 1. The largest absolute Gasteiger partial charge is 0.494 e. The summed E-state index contributed by atoms with van der Waals surface area (Å²) in [5.41, 5.74) is 1.91. The Labute approximate surface area is 231 Å². The maximum Gasteiger partial charge on any atom is 0.334 e. The van der Waals surface area contributed by atoms with Gasteiger partial charge in [0.1, 0.15) is 16.9 Å². The molecule has 0 aromatic carbocycles. The number of carbonyl (C=O) groups is 2. The molecule has 4 aliphatic rings. The number of carboxylic acids is 1. The number of hydrogen-bond donors (Lipinski definition) is 5. The van der Waals surface area contributed by atoms with Gasteiger partial charge < -0.3 is 26.0 Å². The quantitative estimate of drug-likeness (QED) is 0.212. The molecule has 4 fully saturated rings. The van der Waals surface area contributed by atoms with Crippen molar-refractivity contribution in [1.29, 1.82) is 5.41 Å². The molecule has 5 rings (SSSR count). The van der Waals surface area contributed by atoms with Gasteiger partial charge in [0.05, 0.1) is 5.41 Å². The molecule has 1 saturated heterocycles. The van der Waals surface area contributed by atoms with Crippen LogP contribution in [0, 0.1) is 22.7 Å². The highest BCUT2D eigenvalue weighted by Gasteiger charge is 2.60. The Hall–Kier alpha value is -3.19. The van der Waals surface area contributed by atoms with Crippen molar-refractivity contribution in [2.24, 2.45) is 23.0 Å². The highest BCUT2D eigenvalue weighted by molar-refractivity contribution is 5.96. The lowest BCUT2D eigenvalue weighted by molar-refractivity contribution is -0.147. The van der Waals surface area contributed by atoms with Gasteiger partial charge in [-0.25, -0.2) is 9.69 Å². The Balaban J connectivity index is 1.36. The first kappa shape index (κ1) is 28.3. The molecule has 6 N–H and O–H groups in total. The Morgan fingerprint density at radius 3 is 2.20 bits per heavy atom. The van der Waals surface area contributed by atoms with E-state index in [0.29, 0.717) is 44.9 Å². The minimum absolute atomic E-state index is 0.0451. The summed E-state index contributed by atoms with van der Waals surface area (Å²) in [4.78, 5) is 54.7. The highest BCUT2D eigenvalue weighted by Crippen LogP contribution is 2.50. The topological polar surface area (TPSA) is 195 Å². The zero-order valence-corrected chi connectivity index (χ0v) is 23.1. The molecular weight excluding hydrogens is 520 g/mol. The second-order valence-electron chi connectivity index (χ2n) is 12.6. The number of rotatable bonds is 9. The Morgan fingerprint density at radius 2 is 1.70 bits per heavy atom. The van der Waals surface area contributed by atoms with Crippen LogP contribution in [0.15, 0.2) is 9.59 Å². The van der Waals surface area contributed by atoms with Gasteiger partial charge in [-0.05, 0) is 76.5 Å². The summed E-state index contributed by atoms with van der Waals surface area (Å²) in [5, 5.41) is 39.1. The predicted molar refractivity (Wildman–Crippen MR) is 144 cm³/mol. The number of amides is 1. The van der Waals surface area contributed by atoms with E-state index in [1.54, 1.807) is 11.8 Å².